The molecule has 0 aliphatic carbocycles. The van der Waals surface area contributed by atoms with Crippen LogP contribution in [0.15, 0.2) is 0 Å². The van der Waals surface area contributed by atoms with E-state index in [2.05, 4.69) is 4.98 Å². The van der Waals surface area contributed by atoms with Crippen molar-refractivity contribution < 1.29 is 14.3 Å². The fourth-order valence-corrected chi connectivity index (χ4v) is 2.35. The molecule has 0 saturated heterocycles. The Labute approximate surface area is 105 Å². The molecule has 0 aliphatic rings. The lowest BCUT2D eigenvalue weighted by molar-refractivity contribution is 0.0601. The van der Waals surface area contributed by atoms with Gasteiger partial charge in [-0.3, -0.25) is 0 Å². The second kappa shape index (κ2) is 5.57. The minimum Gasteiger partial charge on any atom is -0.465 e. The third kappa shape index (κ3) is 3.02. The zero-order chi connectivity index (χ0) is 13.1. The second-order valence-corrected chi connectivity index (χ2v) is 4.99. The summed E-state index contributed by atoms with van der Waals surface area (Å²) in [6, 6.07) is 0. The summed E-state index contributed by atoms with van der Waals surface area (Å²) in [5, 5.41) is 0.729. The number of ether oxygens (including phenoxy) is 2. The number of nitrogens with two attached hydrogens (primary N) is 1. The molecule has 1 atom stereocenters. The third-order valence-electron chi connectivity index (χ3n) is 2.57. The second-order valence-electron chi connectivity index (χ2n) is 3.99. The van der Waals surface area contributed by atoms with Crippen molar-refractivity contribution >= 4 is 17.3 Å². The minimum atomic E-state index is -0.528. The molecule has 6 heteroatoms. The van der Waals surface area contributed by atoms with Crippen LogP contribution in [0.1, 0.15) is 40.6 Å². The van der Waals surface area contributed by atoms with Gasteiger partial charge in [-0.05, 0) is 13.3 Å². The van der Waals surface area contributed by atoms with Crippen molar-refractivity contribution in [1.82, 2.24) is 4.98 Å². The van der Waals surface area contributed by atoms with Crippen molar-refractivity contribution in [3.05, 3.63) is 15.6 Å². The van der Waals surface area contributed by atoms with Gasteiger partial charge in [0, 0.05) is 7.11 Å². The first kappa shape index (κ1) is 14.1. The van der Waals surface area contributed by atoms with Crippen LogP contribution in [-0.2, 0) is 21.6 Å². The first-order valence-electron chi connectivity index (χ1n) is 5.32. The zero-order valence-corrected chi connectivity index (χ0v) is 11.4. The molecule has 96 valence electrons. The predicted octanol–water partition coefficient (Wildman–Crippen LogP) is 1.66. The molecule has 0 aliphatic heterocycles. The third-order valence-corrected chi connectivity index (χ3v) is 3.93. The molecule has 1 rings (SSSR count). The van der Waals surface area contributed by atoms with Gasteiger partial charge in [0.1, 0.15) is 9.88 Å². The predicted molar refractivity (Wildman–Crippen MR) is 66.0 cm³/mol. The lowest BCUT2D eigenvalue weighted by Crippen LogP contribution is -2.31. The van der Waals surface area contributed by atoms with Gasteiger partial charge in [-0.1, -0.05) is 6.92 Å². The highest BCUT2D eigenvalue weighted by molar-refractivity contribution is 7.13. The van der Waals surface area contributed by atoms with Crippen molar-refractivity contribution in [2.24, 2.45) is 5.73 Å². The van der Waals surface area contributed by atoms with Crippen LogP contribution in [0.3, 0.4) is 0 Å². The lowest BCUT2D eigenvalue weighted by Gasteiger charge is -2.18. The molecule has 1 aromatic heterocycles. The first-order chi connectivity index (χ1) is 7.96. The van der Waals surface area contributed by atoms with Gasteiger partial charge in [0.15, 0.2) is 0 Å². The Kier molecular flexibility index (Phi) is 4.62. The van der Waals surface area contributed by atoms with Gasteiger partial charge in [-0.2, -0.15) is 0 Å². The minimum absolute atomic E-state index is 0.278. The van der Waals surface area contributed by atoms with Crippen LogP contribution in [0.5, 0.6) is 0 Å². The van der Waals surface area contributed by atoms with Crippen LogP contribution in [0, 0.1) is 0 Å². The largest absolute Gasteiger partial charge is 0.465 e. The smallest absolute Gasteiger partial charge is 0.350 e. The average Bonchev–Trinajstić information content (AvgIpc) is 2.73. The van der Waals surface area contributed by atoms with E-state index in [0.29, 0.717) is 10.6 Å². The molecular weight excluding hydrogens is 240 g/mol. The summed E-state index contributed by atoms with van der Waals surface area (Å²) in [4.78, 5) is 16.4. The molecule has 0 amide bonds. The fraction of sp³-hybridized carbons (Fsp3) is 0.636. The standard InChI is InChI=1S/C11H18N2O3S/c1-5-11(2,12)10-13-7(6-15-3)8(17-10)9(14)16-4/h5-6,12H2,1-4H3. The average molecular weight is 258 g/mol. The van der Waals surface area contributed by atoms with E-state index in [1.807, 2.05) is 13.8 Å². The Morgan fingerprint density at radius 1 is 1.53 bits per heavy atom. The van der Waals surface area contributed by atoms with Crippen LogP contribution in [0.2, 0.25) is 0 Å². The first-order valence-corrected chi connectivity index (χ1v) is 6.14. The van der Waals surface area contributed by atoms with E-state index in [9.17, 15) is 4.79 Å². The molecule has 1 unspecified atom stereocenters. The molecule has 0 aromatic carbocycles. The highest BCUT2D eigenvalue weighted by Gasteiger charge is 2.27. The van der Waals surface area contributed by atoms with Crippen molar-refractivity contribution in [2.75, 3.05) is 14.2 Å². The van der Waals surface area contributed by atoms with Crippen LogP contribution in [-0.4, -0.2) is 25.2 Å². The van der Waals surface area contributed by atoms with Crippen molar-refractivity contribution in [1.29, 1.82) is 0 Å². The summed E-state index contributed by atoms with van der Waals surface area (Å²) in [6.07, 6.45) is 0.744. The lowest BCUT2D eigenvalue weighted by atomic mass is 10.0. The summed E-state index contributed by atoms with van der Waals surface area (Å²) < 4.78 is 9.74. The van der Waals surface area contributed by atoms with Crippen LogP contribution in [0.4, 0.5) is 0 Å². The van der Waals surface area contributed by atoms with Gasteiger partial charge in [-0.15, -0.1) is 11.3 Å². The molecule has 1 heterocycles. The number of nitrogens with zero attached hydrogens (tertiary/aromatic N) is 1. The summed E-state index contributed by atoms with van der Waals surface area (Å²) in [7, 11) is 2.90. The maximum Gasteiger partial charge on any atom is 0.350 e. The summed E-state index contributed by atoms with van der Waals surface area (Å²) in [5.74, 6) is -0.396. The molecule has 5 nitrogen and oxygen atoms in total. The Bertz CT molecular complexity index is 401. The summed E-state index contributed by atoms with van der Waals surface area (Å²) >= 11 is 1.27. The zero-order valence-electron chi connectivity index (χ0n) is 10.6. The van der Waals surface area contributed by atoms with Gasteiger partial charge in [-0.25, -0.2) is 9.78 Å². The van der Waals surface area contributed by atoms with E-state index in [1.54, 1.807) is 7.11 Å². The van der Waals surface area contributed by atoms with Gasteiger partial charge >= 0.3 is 5.97 Å². The number of esters is 1. The van der Waals surface area contributed by atoms with E-state index < -0.39 is 11.5 Å². The highest BCUT2D eigenvalue weighted by atomic mass is 32.1. The van der Waals surface area contributed by atoms with Gasteiger partial charge < -0.3 is 15.2 Å². The Balaban J connectivity index is 3.16. The van der Waals surface area contributed by atoms with Crippen LogP contribution in [0.25, 0.3) is 0 Å². The van der Waals surface area contributed by atoms with E-state index >= 15 is 0 Å². The molecule has 1 aromatic rings. The molecule has 0 radical (unpaired) electrons. The number of methoxy groups -OCH3 is 2. The molecule has 0 fully saturated rings. The monoisotopic (exact) mass is 258 g/mol. The van der Waals surface area contributed by atoms with Crippen LogP contribution < -0.4 is 5.73 Å². The SMILES string of the molecule is CCC(C)(N)c1nc(COC)c(C(=O)OC)s1. The maximum absolute atomic E-state index is 11.6. The quantitative estimate of drug-likeness (QED) is 0.813. The number of thiazole rings is 1. The Morgan fingerprint density at radius 3 is 2.65 bits per heavy atom. The number of hydrogen-bond acceptors (Lipinski definition) is 6. The number of carbonyl (C=O) groups is 1. The maximum atomic E-state index is 11.6. The molecule has 2 N–H and O–H groups in total. The molecular formula is C11H18N2O3S. The number of carbonyl (C=O) groups excluding carboxylic acids is 1. The van der Waals surface area contributed by atoms with Gasteiger partial charge in [0.2, 0.25) is 0 Å². The van der Waals surface area contributed by atoms with Gasteiger partial charge in [0.25, 0.3) is 0 Å². The number of rotatable bonds is 5. The Morgan fingerprint density at radius 2 is 2.18 bits per heavy atom. The van der Waals surface area contributed by atoms with Crippen molar-refractivity contribution in [2.45, 2.75) is 32.4 Å². The number of hydrogen-bond donors (Lipinski definition) is 1. The highest BCUT2D eigenvalue weighted by Crippen LogP contribution is 2.29. The number of aromatic nitrogens is 1. The van der Waals surface area contributed by atoms with Crippen LogP contribution >= 0.6 is 11.3 Å². The van der Waals surface area contributed by atoms with E-state index in [4.69, 9.17) is 15.2 Å². The summed E-state index contributed by atoms with van der Waals surface area (Å²) in [6.45, 7) is 4.15. The van der Waals surface area contributed by atoms with E-state index in [-0.39, 0.29) is 6.61 Å². The topological polar surface area (TPSA) is 74.4 Å². The summed E-state index contributed by atoms with van der Waals surface area (Å²) in [5.41, 5.74) is 6.17. The van der Waals surface area contributed by atoms with Crippen molar-refractivity contribution in [3.63, 3.8) is 0 Å². The molecule has 0 bridgehead atoms. The van der Waals surface area contributed by atoms with E-state index in [1.165, 1.54) is 18.4 Å². The normalized spacial score (nSPS) is 14.4. The molecule has 17 heavy (non-hydrogen) atoms. The Hall–Kier alpha value is -0.980. The fourth-order valence-electron chi connectivity index (χ4n) is 1.23. The van der Waals surface area contributed by atoms with Gasteiger partial charge in [0.05, 0.1) is 24.9 Å². The molecule has 0 spiro atoms. The van der Waals surface area contributed by atoms with Crippen molar-refractivity contribution in [3.8, 4) is 0 Å². The van der Waals surface area contributed by atoms with E-state index in [0.717, 1.165) is 11.4 Å². The molecule has 0 saturated carbocycles.